The van der Waals surface area contributed by atoms with Gasteiger partial charge < -0.3 is 20.3 Å². The summed E-state index contributed by atoms with van der Waals surface area (Å²) in [5.41, 5.74) is 3.31. The molecule has 172 valence electrons. The molecule has 32 heavy (non-hydrogen) atoms. The largest absolute Gasteiger partial charge is 0.484 e. The van der Waals surface area contributed by atoms with Crippen LogP contribution in [0.1, 0.15) is 29.5 Å². The highest BCUT2D eigenvalue weighted by Crippen LogP contribution is 2.24. The maximum Gasteiger partial charge on any atom is 0.422 e. The molecule has 0 atom stereocenters. The van der Waals surface area contributed by atoms with Gasteiger partial charge in [0, 0.05) is 44.4 Å². The van der Waals surface area contributed by atoms with Gasteiger partial charge in [0.05, 0.1) is 0 Å². The van der Waals surface area contributed by atoms with E-state index < -0.39 is 12.8 Å². The van der Waals surface area contributed by atoms with E-state index in [0.717, 1.165) is 29.8 Å². The number of ether oxygens (including phenoxy) is 1. The molecule has 0 saturated carbocycles. The van der Waals surface area contributed by atoms with Crippen LogP contribution in [0.2, 0.25) is 0 Å². The minimum atomic E-state index is -4.40. The van der Waals surface area contributed by atoms with E-state index in [1.54, 1.807) is 31.0 Å². The van der Waals surface area contributed by atoms with Gasteiger partial charge in [-0.05, 0) is 42.7 Å². The maximum atomic E-state index is 12.5. The molecule has 3 rings (SSSR count). The second kappa shape index (κ2) is 10.4. The highest BCUT2D eigenvalue weighted by atomic mass is 19.4. The Morgan fingerprint density at radius 2 is 1.84 bits per heavy atom. The van der Waals surface area contributed by atoms with Gasteiger partial charge in [0.15, 0.2) is 12.6 Å². The number of carbonyl (C=O) groups excluding carboxylic acids is 1. The summed E-state index contributed by atoms with van der Waals surface area (Å²) in [5.74, 6) is 0.846. The van der Waals surface area contributed by atoms with Crippen molar-refractivity contribution in [2.24, 2.45) is 4.99 Å². The number of alkyl halides is 3. The average Bonchev–Trinajstić information content (AvgIpc) is 3.19. The van der Waals surface area contributed by atoms with Crippen molar-refractivity contribution < 1.29 is 22.7 Å². The number of aryl methyl sites for hydroxylation is 1. The molecule has 1 aliphatic rings. The first-order chi connectivity index (χ1) is 15.2. The molecular weight excluding hydrogens is 421 g/mol. The Morgan fingerprint density at radius 3 is 2.47 bits per heavy atom. The van der Waals surface area contributed by atoms with Crippen molar-refractivity contribution in [1.82, 2.24) is 10.6 Å². The molecule has 2 aromatic rings. The van der Waals surface area contributed by atoms with Gasteiger partial charge in [-0.25, -0.2) is 0 Å². The van der Waals surface area contributed by atoms with E-state index >= 15 is 0 Å². The molecule has 0 aliphatic carbocycles. The molecule has 0 unspecified atom stereocenters. The number of carbonyl (C=O) groups is 1. The molecule has 1 aliphatic heterocycles. The highest BCUT2D eigenvalue weighted by molar-refractivity contribution is 5.95. The number of hydrogen-bond donors (Lipinski definition) is 2. The summed E-state index contributed by atoms with van der Waals surface area (Å²) in [5, 5.41) is 6.28. The number of hydrogen-bond acceptors (Lipinski definition) is 3. The van der Waals surface area contributed by atoms with E-state index in [1.165, 1.54) is 0 Å². The standard InChI is InChI=1S/C23H27F3N4O2/c1-16-5-8-18(20(12-16)32-15-23(24,25)26)14-29-22(27-2)28-13-17-6-9-19(10-7-17)30-11-3-4-21(30)31/h5-10,12H,3-4,11,13-15H2,1-2H3,(H2,27,28,29). The number of aliphatic imine (C=N–C) groups is 1. The number of nitrogens with zero attached hydrogens (tertiary/aromatic N) is 2. The number of nitrogens with one attached hydrogen (secondary N) is 2. The summed E-state index contributed by atoms with van der Waals surface area (Å²) in [7, 11) is 1.62. The Kier molecular flexibility index (Phi) is 7.61. The Morgan fingerprint density at radius 1 is 1.12 bits per heavy atom. The molecule has 6 nitrogen and oxygen atoms in total. The molecule has 9 heteroatoms. The fourth-order valence-electron chi connectivity index (χ4n) is 3.40. The van der Waals surface area contributed by atoms with E-state index in [9.17, 15) is 18.0 Å². The van der Waals surface area contributed by atoms with Crippen molar-refractivity contribution in [3.63, 3.8) is 0 Å². The number of rotatable bonds is 7. The molecule has 0 radical (unpaired) electrons. The Bertz CT molecular complexity index is 959. The number of amides is 1. The van der Waals surface area contributed by atoms with Gasteiger partial charge >= 0.3 is 6.18 Å². The van der Waals surface area contributed by atoms with Gasteiger partial charge in [-0.15, -0.1) is 0 Å². The zero-order valence-electron chi connectivity index (χ0n) is 18.1. The predicted octanol–water partition coefficient (Wildman–Crippen LogP) is 3.93. The molecule has 0 spiro atoms. The third-order valence-electron chi connectivity index (χ3n) is 5.07. The average molecular weight is 448 g/mol. The Hall–Kier alpha value is -3.23. The van der Waals surface area contributed by atoms with Crippen LogP contribution >= 0.6 is 0 Å². The van der Waals surface area contributed by atoms with Crippen molar-refractivity contribution in [3.8, 4) is 5.75 Å². The second-order valence-corrected chi connectivity index (χ2v) is 7.61. The van der Waals surface area contributed by atoms with E-state index in [-0.39, 0.29) is 18.2 Å². The predicted molar refractivity (Wildman–Crippen MR) is 118 cm³/mol. The van der Waals surface area contributed by atoms with Crippen LogP contribution in [-0.4, -0.2) is 38.2 Å². The van der Waals surface area contributed by atoms with Crippen LogP contribution in [0, 0.1) is 6.92 Å². The van der Waals surface area contributed by atoms with Crippen molar-refractivity contribution in [2.75, 3.05) is 25.1 Å². The van der Waals surface area contributed by atoms with Crippen LogP contribution in [0.25, 0.3) is 0 Å². The van der Waals surface area contributed by atoms with E-state index in [2.05, 4.69) is 15.6 Å². The first-order valence-electron chi connectivity index (χ1n) is 10.4. The third-order valence-corrected chi connectivity index (χ3v) is 5.07. The van der Waals surface area contributed by atoms with Crippen molar-refractivity contribution in [3.05, 3.63) is 59.2 Å². The molecule has 1 heterocycles. The minimum Gasteiger partial charge on any atom is -0.484 e. The fourth-order valence-corrected chi connectivity index (χ4v) is 3.40. The number of halogens is 3. The molecule has 2 aromatic carbocycles. The highest BCUT2D eigenvalue weighted by Gasteiger charge is 2.28. The lowest BCUT2D eigenvalue weighted by Gasteiger charge is -2.17. The first kappa shape index (κ1) is 23.4. The lowest BCUT2D eigenvalue weighted by molar-refractivity contribution is -0.153. The molecule has 1 amide bonds. The zero-order chi connectivity index (χ0) is 23.1. The summed E-state index contributed by atoms with van der Waals surface area (Å²) >= 11 is 0. The summed E-state index contributed by atoms with van der Waals surface area (Å²) in [6.07, 6.45) is -2.92. The monoisotopic (exact) mass is 448 g/mol. The van der Waals surface area contributed by atoms with Crippen LogP contribution in [0.4, 0.5) is 18.9 Å². The van der Waals surface area contributed by atoms with Crippen LogP contribution in [-0.2, 0) is 17.9 Å². The normalized spacial score (nSPS) is 14.6. The summed E-state index contributed by atoms with van der Waals surface area (Å²) < 4.78 is 42.6. The van der Waals surface area contributed by atoms with Crippen LogP contribution in [0.15, 0.2) is 47.5 Å². The van der Waals surface area contributed by atoms with E-state index in [0.29, 0.717) is 24.5 Å². The quantitative estimate of drug-likeness (QED) is 0.498. The van der Waals surface area contributed by atoms with Crippen molar-refractivity contribution in [2.45, 2.75) is 39.0 Å². The zero-order valence-corrected chi connectivity index (χ0v) is 18.1. The second-order valence-electron chi connectivity index (χ2n) is 7.61. The van der Waals surface area contributed by atoms with Crippen LogP contribution in [0.3, 0.4) is 0 Å². The molecule has 1 saturated heterocycles. The fraction of sp³-hybridized carbons (Fsp3) is 0.391. The Balaban J connectivity index is 1.55. The summed E-state index contributed by atoms with van der Waals surface area (Å²) in [4.78, 5) is 17.8. The smallest absolute Gasteiger partial charge is 0.422 e. The number of guanidine groups is 1. The molecule has 2 N–H and O–H groups in total. The molecular formula is C23H27F3N4O2. The van der Waals surface area contributed by atoms with Gasteiger partial charge in [-0.3, -0.25) is 9.79 Å². The van der Waals surface area contributed by atoms with Crippen LogP contribution in [0.5, 0.6) is 5.75 Å². The van der Waals surface area contributed by atoms with Gasteiger partial charge in [0.1, 0.15) is 5.75 Å². The first-order valence-corrected chi connectivity index (χ1v) is 10.4. The van der Waals surface area contributed by atoms with Gasteiger partial charge in [-0.2, -0.15) is 13.2 Å². The van der Waals surface area contributed by atoms with Crippen molar-refractivity contribution >= 4 is 17.6 Å². The number of anilines is 1. The van der Waals surface area contributed by atoms with E-state index in [4.69, 9.17) is 4.74 Å². The maximum absolute atomic E-state index is 12.5. The lowest BCUT2D eigenvalue weighted by Crippen LogP contribution is -2.36. The molecule has 1 fully saturated rings. The minimum absolute atomic E-state index is 0.148. The third kappa shape index (κ3) is 6.63. The lowest BCUT2D eigenvalue weighted by atomic mass is 10.1. The van der Waals surface area contributed by atoms with Gasteiger partial charge in [0.2, 0.25) is 5.91 Å². The molecule has 0 bridgehead atoms. The topological polar surface area (TPSA) is 66.0 Å². The SMILES string of the molecule is CN=C(NCc1ccc(N2CCCC2=O)cc1)NCc1ccc(C)cc1OCC(F)(F)F. The van der Waals surface area contributed by atoms with Gasteiger partial charge in [0.25, 0.3) is 0 Å². The summed E-state index contributed by atoms with van der Waals surface area (Å²) in [6, 6.07) is 12.9. The van der Waals surface area contributed by atoms with E-state index in [1.807, 2.05) is 30.3 Å². The summed E-state index contributed by atoms with van der Waals surface area (Å²) in [6.45, 7) is 1.96. The van der Waals surface area contributed by atoms with Gasteiger partial charge in [-0.1, -0.05) is 24.3 Å². The van der Waals surface area contributed by atoms with Crippen LogP contribution < -0.4 is 20.3 Å². The van der Waals surface area contributed by atoms with Crippen molar-refractivity contribution in [1.29, 1.82) is 0 Å². The Labute approximate surface area is 185 Å². The number of benzene rings is 2. The molecule has 0 aromatic heterocycles.